The van der Waals surface area contributed by atoms with Crippen LogP contribution in [0.15, 0.2) is 77.8 Å². The van der Waals surface area contributed by atoms with Crippen molar-refractivity contribution < 1.29 is 19.3 Å². The predicted octanol–water partition coefficient (Wildman–Crippen LogP) is 3.79. The van der Waals surface area contributed by atoms with Gasteiger partial charge in [-0.2, -0.15) is 0 Å². The second-order valence-electron chi connectivity index (χ2n) is 6.33. The number of hydrogen-bond acceptors (Lipinski definition) is 5. The number of anilines is 1. The summed E-state index contributed by atoms with van der Waals surface area (Å²) < 4.78 is 16.6. The van der Waals surface area contributed by atoms with Crippen LogP contribution in [0.1, 0.15) is 5.56 Å². The van der Waals surface area contributed by atoms with E-state index in [-0.39, 0.29) is 19.2 Å². The Morgan fingerprint density at radius 2 is 1.77 bits per heavy atom. The monoisotopic (exact) mass is 407 g/mol. The van der Waals surface area contributed by atoms with Gasteiger partial charge in [-0.3, -0.25) is 0 Å². The van der Waals surface area contributed by atoms with Gasteiger partial charge in [0.05, 0.1) is 20.3 Å². The van der Waals surface area contributed by atoms with Crippen LogP contribution in [-0.2, 0) is 6.54 Å². The largest absolute Gasteiger partial charge is 0.493 e. The molecule has 0 aromatic heterocycles. The summed E-state index contributed by atoms with van der Waals surface area (Å²) in [6, 6.07) is 22.5. The Kier molecular flexibility index (Phi) is 7.51. The molecule has 0 aliphatic carbocycles. The van der Waals surface area contributed by atoms with E-state index < -0.39 is 0 Å². The second kappa shape index (κ2) is 10.7. The number of guanidine groups is 1. The van der Waals surface area contributed by atoms with Gasteiger partial charge in [-0.1, -0.05) is 30.3 Å². The van der Waals surface area contributed by atoms with E-state index in [0.717, 1.165) is 17.0 Å². The van der Waals surface area contributed by atoms with Gasteiger partial charge in [0.25, 0.3) is 0 Å². The number of aliphatic hydroxyl groups excluding tert-OH is 1. The normalized spacial score (nSPS) is 11.1. The molecule has 0 amide bonds. The Morgan fingerprint density at radius 3 is 2.53 bits per heavy atom. The van der Waals surface area contributed by atoms with Gasteiger partial charge in [-0.05, 0) is 42.0 Å². The topological polar surface area (TPSA) is 98.3 Å². The van der Waals surface area contributed by atoms with Crippen molar-refractivity contribution in [2.75, 3.05) is 25.6 Å². The van der Waals surface area contributed by atoms with Gasteiger partial charge in [0, 0.05) is 11.8 Å². The molecular weight excluding hydrogens is 382 g/mol. The maximum absolute atomic E-state index is 8.89. The molecule has 0 aliphatic rings. The number of nitrogens with one attached hydrogen (secondary N) is 1. The van der Waals surface area contributed by atoms with Crippen molar-refractivity contribution in [2.24, 2.45) is 10.7 Å². The van der Waals surface area contributed by atoms with E-state index in [4.69, 9.17) is 25.1 Å². The minimum atomic E-state index is -0.0605. The average Bonchev–Trinajstić information content (AvgIpc) is 2.77. The number of nitrogens with two attached hydrogens (primary N) is 1. The van der Waals surface area contributed by atoms with Crippen LogP contribution in [0.2, 0.25) is 0 Å². The van der Waals surface area contributed by atoms with E-state index in [1.54, 1.807) is 13.2 Å². The number of nitrogens with zero attached hydrogens (tertiary/aromatic N) is 1. The lowest BCUT2D eigenvalue weighted by Gasteiger charge is -2.11. The van der Waals surface area contributed by atoms with Crippen molar-refractivity contribution in [3.05, 3.63) is 78.4 Å². The summed E-state index contributed by atoms with van der Waals surface area (Å²) in [5.74, 6) is 2.89. The molecule has 7 heteroatoms. The zero-order valence-electron chi connectivity index (χ0n) is 16.7. The lowest BCUT2D eigenvalue weighted by Crippen LogP contribution is -2.22. The number of hydrogen-bond donors (Lipinski definition) is 3. The predicted molar refractivity (Wildman–Crippen MR) is 117 cm³/mol. The fourth-order valence-electron chi connectivity index (χ4n) is 2.71. The van der Waals surface area contributed by atoms with Gasteiger partial charge in [0.1, 0.15) is 18.1 Å². The van der Waals surface area contributed by atoms with Gasteiger partial charge in [0.15, 0.2) is 17.5 Å². The third kappa shape index (κ3) is 6.15. The van der Waals surface area contributed by atoms with Crippen molar-refractivity contribution in [1.82, 2.24) is 0 Å². The Labute approximate surface area is 175 Å². The number of methoxy groups -OCH3 is 1. The number of aliphatic hydroxyl groups is 1. The number of ether oxygens (including phenoxy) is 3. The molecule has 3 aromatic carbocycles. The fraction of sp³-hybridized carbons (Fsp3) is 0.174. The van der Waals surface area contributed by atoms with Gasteiger partial charge in [0.2, 0.25) is 0 Å². The Hall–Kier alpha value is -3.71. The minimum Gasteiger partial charge on any atom is -0.493 e. The fourth-order valence-corrected chi connectivity index (χ4v) is 2.71. The lowest BCUT2D eigenvalue weighted by molar-refractivity contribution is 0.196. The average molecular weight is 407 g/mol. The molecule has 4 N–H and O–H groups in total. The van der Waals surface area contributed by atoms with Crippen molar-refractivity contribution in [3.63, 3.8) is 0 Å². The maximum Gasteiger partial charge on any atom is 0.193 e. The molecule has 0 bridgehead atoms. The molecule has 30 heavy (non-hydrogen) atoms. The molecular formula is C23H25N3O4. The van der Waals surface area contributed by atoms with Crippen LogP contribution in [0.5, 0.6) is 23.0 Å². The zero-order chi connectivity index (χ0) is 21.2. The second-order valence-corrected chi connectivity index (χ2v) is 6.33. The first-order valence-corrected chi connectivity index (χ1v) is 9.48. The molecule has 3 rings (SSSR count). The highest BCUT2D eigenvalue weighted by Gasteiger charge is 2.06. The van der Waals surface area contributed by atoms with E-state index in [1.165, 1.54) is 0 Å². The smallest absolute Gasteiger partial charge is 0.193 e. The molecule has 7 nitrogen and oxygen atoms in total. The zero-order valence-corrected chi connectivity index (χ0v) is 16.7. The molecule has 0 radical (unpaired) electrons. The van der Waals surface area contributed by atoms with E-state index in [1.807, 2.05) is 66.7 Å². The molecule has 3 aromatic rings. The molecule has 0 saturated heterocycles. The van der Waals surface area contributed by atoms with Crippen LogP contribution in [0.4, 0.5) is 5.69 Å². The summed E-state index contributed by atoms with van der Waals surface area (Å²) in [6.07, 6.45) is 0. The van der Waals surface area contributed by atoms with Gasteiger partial charge >= 0.3 is 0 Å². The first kappa shape index (κ1) is 21.0. The summed E-state index contributed by atoms with van der Waals surface area (Å²) in [4.78, 5) is 4.38. The molecule has 156 valence electrons. The first-order chi connectivity index (χ1) is 14.7. The van der Waals surface area contributed by atoms with Crippen molar-refractivity contribution in [2.45, 2.75) is 6.54 Å². The molecule has 0 aliphatic heterocycles. The molecule has 0 heterocycles. The SMILES string of the molecule is COc1cc(CN=C(N)Nc2cccc(Oc3ccccc3)c2)ccc1OCCO. The van der Waals surface area contributed by atoms with Crippen molar-refractivity contribution in [3.8, 4) is 23.0 Å². The van der Waals surface area contributed by atoms with Crippen LogP contribution in [-0.4, -0.2) is 31.4 Å². The molecule has 0 spiro atoms. The minimum absolute atomic E-state index is 0.0605. The van der Waals surface area contributed by atoms with E-state index >= 15 is 0 Å². The standard InChI is InChI=1S/C23H25N3O4/c1-28-22-14-17(10-11-21(22)29-13-12-27)16-25-23(24)26-18-6-5-9-20(15-18)30-19-7-3-2-4-8-19/h2-11,14-15,27H,12-13,16H2,1H3,(H3,24,25,26). The number of rotatable bonds is 9. The van der Waals surface area contributed by atoms with Gasteiger partial charge in [-0.25, -0.2) is 4.99 Å². The Morgan fingerprint density at radius 1 is 0.967 bits per heavy atom. The molecule has 0 saturated carbocycles. The quantitative estimate of drug-likeness (QED) is 0.369. The van der Waals surface area contributed by atoms with Crippen LogP contribution in [0.25, 0.3) is 0 Å². The summed E-state index contributed by atoms with van der Waals surface area (Å²) in [6.45, 7) is 0.516. The lowest BCUT2D eigenvalue weighted by atomic mass is 10.2. The summed E-state index contributed by atoms with van der Waals surface area (Å²) >= 11 is 0. The third-order valence-electron chi connectivity index (χ3n) is 4.09. The van der Waals surface area contributed by atoms with Crippen LogP contribution >= 0.6 is 0 Å². The summed E-state index contributed by atoms with van der Waals surface area (Å²) in [7, 11) is 1.56. The summed E-state index contributed by atoms with van der Waals surface area (Å²) in [5.41, 5.74) is 7.72. The van der Waals surface area contributed by atoms with Crippen LogP contribution in [0.3, 0.4) is 0 Å². The molecule has 0 unspecified atom stereocenters. The molecule has 0 atom stereocenters. The highest BCUT2D eigenvalue weighted by molar-refractivity contribution is 5.92. The number of para-hydroxylation sites is 1. The maximum atomic E-state index is 8.89. The van der Waals surface area contributed by atoms with Crippen LogP contribution in [0, 0.1) is 0 Å². The van der Waals surface area contributed by atoms with E-state index in [2.05, 4.69) is 10.3 Å². The highest BCUT2D eigenvalue weighted by Crippen LogP contribution is 2.28. The first-order valence-electron chi connectivity index (χ1n) is 9.48. The van der Waals surface area contributed by atoms with Crippen molar-refractivity contribution >= 4 is 11.6 Å². The number of aliphatic imine (C=N–C) groups is 1. The highest BCUT2D eigenvalue weighted by atomic mass is 16.5. The number of benzene rings is 3. The Bertz CT molecular complexity index is 977. The van der Waals surface area contributed by atoms with Crippen molar-refractivity contribution in [1.29, 1.82) is 0 Å². The summed E-state index contributed by atoms with van der Waals surface area (Å²) in [5, 5.41) is 12.0. The van der Waals surface area contributed by atoms with Gasteiger partial charge in [-0.15, -0.1) is 0 Å². The third-order valence-corrected chi connectivity index (χ3v) is 4.09. The molecule has 0 fully saturated rings. The van der Waals surface area contributed by atoms with E-state index in [0.29, 0.717) is 23.8 Å². The van der Waals surface area contributed by atoms with Gasteiger partial charge < -0.3 is 30.4 Å². The van der Waals surface area contributed by atoms with Crippen LogP contribution < -0.4 is 25.3 Å². The Balaban J connectivity index is 1.62. The van der Waals surface area contributed by atoms with E-state index in [9.17, 15) is 0 Å².